The van der Waals surface area contributed by atoms with Gasteiger partial charge in [0, 0.05) is 17.3 Å². The van der Waals surface area contributed by atoms with Gasteiger partial charge in [-0.05, 0) is 50.0 Å². The van der Waals surface area contributed by atoms with Crippen LogP contribution in [0.3, 0.4) is 0 Å². The average molecular weight is 399 g/mol. The van der Waals surface area contributed by atoms with Crippen molar-refractivity contribution in [2.45, 2.75) is 67.2 Å². The lowest BCUT2D eigenvalue weighted by Crippen LogP contribution is -2.56. The van der Waals surface area contributed by atoms with E-state index in [0.29, 0.717) is 19.3 Å². The molecule has 0 amide bonds. The zero-order valence-corrected chi connectivity index (χ0v) is 19.0. The van der Waals surface area contributed by atoms with E-state index in [-0.39, 0.29) is 29.5 Å². The Hall–Kier alpha value is -1.90. The van der Waals surface area contributed by atoms with E-state index >= 15 is 0 Å². The summed E-state index contributed by atoms with van der Waals surface area (Å²) in [5.41, 5.74) is 0.603. The van der Waals surface area contributed by atoms with Crippen LogP contribution < -0.4 is 0 Å². The lowest BCUT2D eigenvalue weighted by Gasteiger charge is -2.55. The third kappa shape index (κ3) is 3.27. The molecule has 3 heteroatoms. The second-order valence-electron chi connectivity index (χ2n) is 8.68. The summed E-state index contributed by atoms with van der Waals surface area (Å²) in [5.74, 6) is -0.964. The molecule has 0 aromatic heterocycles. The average Bonchev–Trinajstić information content (AvgIpc) is 2.98. The smallest absolute Gasteiger partial charge is 0.311 e. The van der Waals surface area contributed by atoms with Crippen molar-refractivity contribution >= 4 is 11.8 Å². The highest BCUT2D eigenvalue weighted by molar-refractivity contribution is 5.90. The molecule has 2 rings (SSSR count). The van der Waals surface area contributed by atoms with E-state index < -0.39 is 16.8 Å². The molecule has 0 saturated heterocycles. The largest absolute Gasteiger partial charge is 0.481 e. The van der Waals surface area contributed by atoms with Crippen LogP contribution in [0.15, 0.2) is 48.1 Å². The quantitative estimate of drug-likeness (QED) is 0.381. The van der Waals surface area contributed by atoms with Gasteiger partial charge in [-0.15, -0.1) is 0 Å². The molecule has 0 heterocycles. The van der Waals surface area contributed by atoms with Crippen molar-refractivity contribution in [1.82, 2.24) is 0 Å². The molecule has 0 spiro atoms. The summed E-state index contributed by atoms with van der Waals surface area (Å²) in [5, 5.41) is 10.7. The standard InChI is InChI=1S/C26H38O3/c1-8-18(9-2)14-15-25(12-5)16-19(10-3)21-17(7)23(27)20(11-4)22(21)26(25,13-6)24(28)29/h8-9,14-17,20-22H,1,10-13H2,2-7H3,(H,28,29)/b15-14+,18-9+/t17-,20-,21+,22-,25-,26-/m1/s1. The summed E-state index contributed by atoms with van der Waals surface area (Å²) in [7, 11) is 0. The molecular weight excluding hydrogens is 360 g/mol. The first kappa shape index (κ1) is 23.4. The Balaban J connectivity index is 2.89. The normalized spacial score (nSPS) is 37.5. The van der Waals surface area contributed by atoms with E-state index in [1.54, 1.807) is 6.08 Å². The molecule has 3 nitrogen and oxygen atoms in total. The molecule has 0 aromatic rings. The molecule has 6 atom stereocenters. The molecule has 0 bridgehead atoms. The van der Waals surface area contributed by atoms with Gasteiger partial charge in [-0.3, -0.25) is 9.59 Å². The summed E-state index contributed by atoms with van der Waals surface area (Å²) >= 11 is 0. The first-order valence-electron chi connectivity index (χ1n) is 11.2. The van der Waals surface area contributed by atoms with Gasteiger partial charge in [0.05, 0.1) is 5.41 Å². The number of fused-ring (bicyclic) bond motifs is 1. The number of Topliss-reactive ketones (excluding diaryl/α,β-unsaturated/α-hetero) is 1. The van der Waals surface area contributed by atoms with E-state index in [2.05, 4.69) is 32.6 Å². The van der Waals surface area contributed by atoms with E-state index in [1.807, 2.05) is 39.8 Å². The fraction of sp³-hybridized carbons (Fsp3) is 0.615. The van der Waals surface area contributed by atoms with E-state index in [4.69, 9.17) is 0 Å². The van der Waals surface area contributed by atoms with Gasteiger partial charge in [0.15, 0.2) is 0 Å². The van der Waals surface area contributed by atoms with Gasteiger partial charge in [-0.25, -0.2) is 0 Å². The maximum absolute atomic E-state index is 13.2. The van der Waals surface area contributed by atoms with Crippen molar-refractivity contribution in [1.29, 1.82) is 0 Å². The zero-order valence-electron chi connectivity index (χ0n) is 19.0. The van der Waals surface area contributed by atoms with Gasteiger partial charge in [-0.1, -0.05) is 77.2 Å². The Labute approximate surface area is 176 Å². The van der Waals surface area contributed by atoms with E-state index in [9.17, 15) is 14.7 Å². The van der Waals surface area contributed by atoms with Crippen LogP contribution in [0.5, 0.6) is 0 Å². The molecule has 2 aliphatic carbocycles. The molecule has 0 aromatic carbocycles. The SMILES string of the molecule is C=CC(/C=C/[C@]1(CC)C=C(CC)[C@H]2[C@@H]([C@@H](CC)C(=O)[C@@H]2C)[C@]1(CC)C(=O)O)=C\C. The lowest BCUT2D eigenvalue weighted by molar-refractivity contribution is -0.165. The number of carbonyl (C=O) groups is 2. The van der Waals surface area contributed by atoms with Crippen molar-refractivity contribution in [3.8, 4) is 0 Å². The minimum atomic E-state index is -0.997. The van der Waals surface area contributed by atoms with E-state index in [1.165, 1.54) is 5.57 Å². The van der Waals surface area contributed by atoms with Crippen LogP contribution in [0.1, 0.15) is 67.2 Å². The number of carboxylic acids is 1. The van der Waals surface area contributed by atoms with Crippen LogP contribution in [0.4, 0.5) is 0 Å². The highest BCUT2D eigenvalue weighted by atomic mass is 16.4. The molecule has 0 unspecified atom stereocenters. The highest BCUT2D eigenvalue weighted by Crippen LogP contribution is 2.66. The number of hydrogen-bond donors (Lipinski definition) is 1. The van der Waals surface area contributed by atoms with Crippen LogP contribution in [0, 0.1) is 34.5 Å². The van der Waals surface area contributed by atoms with Crippen LogP contribution in [0.2, 0.25) is 0 Å². The minimum Gasteiger partial charge on any atom is -0.481 e. The van der Waals surface area contributed by atoms with Gasteiger partial charge in [0.2, 0.25) is 0 Å². The molecule has 0 aliphatic heterocycles. The molecule has 1 N–H and O–H groups in total. The molecule has 1 saturated carbocycles. The molecule has 29 heavy (non-hydrogen) atoms. The molecule has 160 valence electrons. The third-order valence-electron chi connectivity index (χ3n) is 7.96. The number of allylic oxidation sites excluding steroid dienone is 7. The van der Waals surface area contributed by atoms with Gasteiger partial charge in [-0.2, -0.15) is 0 Å². The highest BCUT2D eigenvalue weighted by Gasteiger charge is 2.67. The Morgan fingerprint density at radius 2 is 1.90 bits per heavy atom. The Bertz CT molecular complexity index is 756. The molecule has 0 radical (unpaired) electrons. The first-order chi connectivity index (χ1) is 13.7. The number of carboxylic acid groups (broad SMARTS) is 1. The fourth-order valence-electron chi connectivity index (χ4n) is 6.43. The molecule has 1 fully saturated rings. The second kappa shape index (κ2) is 8.85. The number of hydrogen-bond acceptors (Lipinski definition) is 2. The number of aliphatic carboxylic acids is 1. The second-order valence-corrected chi connectivity index (χ2v) is 8.68. The van der Waals surface area contributed by atoms with Crippen LogP contribution in [-0.4, -0.2) is 16.9 Å². The van der Waals surface area contributed by atoms with Crippen molar-refractivity contribution < 1.29 is 14.7 Å². The van der Waals surface area contributed by atoms with Crippen molar-refractivity contribution in [2.24, 2.45) is 34.5 Å². The summed E-state index contributed by atoms with van der Waals surface area (Å²) in [6, 6.07) is 0. The monoisotopic (exact) mass is 398 g/mol. The Kier molecular flexibility index (Phi) is 7.14. The summed E-state index contributed by atoms with van der Waals surface area (Å²) in [4.78, 5) is 26.3. The number of rotatable bonds is 8. The van der Waals surface area contributed by atoms with E-state index in [0.717, 1.165) is 12.0 Å². The maximum atomic E-state index is 13.2. The van der Waals surface area contributed by atoms with Crippen molar-refractivity contribution in [2.75, 3.05) is 0 Å². The van der Waals surface area contributed by atoms with Crippen molar-refractivity contribution in [3.05, 3.63) is 48.1 Å². The number of ketones is 1. The summed E-state index contributed by atoms with van der Waals surface area (Å²) < 4.78 is 0. The minimum absolute atomic E-state index is 0.0298. The van der Waals surface area contributed by atoms with Crippen molar-refractivity contribution in [3.63, 3.8) is 0 Å². The maximum Gasteiger partial charge on any atom is 0.311 e. The number of carbonyl (C=O) groups excluding carboxylic acids is 1. The molecular formula is C26H38O3. The lowest BCUT2D eigenvalue weighted by atomic mass is 9.46. The molecule has 2 aliphatic rings. The third-order valence-corrected chi connectivity index (χ3v) is 7.96. The predicted octanol–water partition coefficient (Wildman–Crippen LogP) is 6.38. The first-order valence-corrected chi connectivity index (χ1v) is 11.2. The van der Waals surface area contributed by atoms with Crippen LogP contribution >= 0.6 is 0 Å². The van der Waals surface area contributed by atoms with Gasteiger partial charge >= 0.3 is 5.97 Å². The topological polar surface area (TPSA) is 54.4 Å². The predicted molar refractivity (Wildman–Crippen MR) is 119 cm³/mol. The van der Waals surface area contributed by atoms with Gasteiger partial charge < -0.3 is 5.11 Å². The zero-order chi connectivity index (χ0) is 22.0. The van der Waals surface area contributed by atoms with Crippen LogP contribution in [-0.2, 0) is 9.59 Å². The van der Waals surface area contributed by atoms with Gasteiger partial charge in [0.25, 0.3) is 0 Å². The fourth-order valence-corrected chi connectivity index (χ4v) is 6.43. The Morgan fingerprint density at radius 1 is 1.24 bits per heavy atom. The van der Waals surface area contributed by atoms with Gasteiger partial charge in [0.1, 0.15) is 5.78 Å². The summed E-state index contributed by atoms with van der Waals surface area (Å²) in [6.45, 7) is 16.1. The Morgan fingerprint density at radius 3 is 2.31 bits per heavy atom. The van der Waals surface area contributed by atoms with Crippen LogP contribution in [0.25, 0.3) is 0 Å². The summed E-state index contributed by atoms with van der Waals surface area (Å²) in [6.07, 6.45) is 12.8.